The topological polar surface area (TPSA) is 38.3 Å². The van der Waals surface area contributed by atoms with Gasteiger partial charge in [0, 0.05) is 10.6 Å². The molecule has 1 amide bonds. The molecule has 3 nitrogen and oxygen atoms in total. The Bertz CT molecular complexity index is 747. The van der Waals surface area contributed by atoms with E-state index in [0.717, 1.165) is 25.0 Å². The first-order chi connectivity index (χ1) is 11.8. The molecule has 0 heterocycles. The third kappa shape index (κ3) is 5.39. The van der Waals surface area contributed by atoms with Crippen LogP contribution in [0.3, 0.4) is 0 Å². The van der Waals surface area contributed by atoms with Crippen molar-refractivity contribution < 1.29 is 22.7 Å². The van der Waals surface area contributed by atoms with Gasteiger partial charge in [0.15, 0.2) is 0 Å². The van der Waals surface area contributed by atoms with E-state index in [2.05, 4.69) is 5.32 Å². The van der Waals surface area contributed by atoms with Gasteiger partial charge in [-0.15, -0.1) is 0 Å². The zero-order valence-electron chi connectivity index (χ0n) is 13.5. The van der Waals surface area contributed by atoms with E-state index in [1.807, 2.05) is 6.92 Å². The van der Waals surface area contributed by atoms with Gasteiger partial charge in [0.05, 0.1) is 17.9 Å². The molecule has 2 rings (SSSR count). The molecule has 0 aliphatic carbocycles. The molecule has 0 spiro atoms. The van der Waals surface area contributed by atoms with Gasteiger partial charge in [0.1, 0.15) is 5.75 Å². The third-order valence-electron chi connectivity index (χ3n) is 3.40. The SMILES string of the molecule is CCCCOc1cccc(C(=O)Nc2ccc(Cl)cc2C(F)(F)F)c1. The van der Waals surface area contributed by atoms with Crippen LogP contribution in [0.15, 0.2) is 42.5 Å². The summed E-state index contributed by atoms with van der Waals surface area (Å²) >= 11 is 5.63. The van der Waals surface area contributed by atoms with Gasteiger partial charge in [-0.1, -0.05) is 31.0 Å². The molecule has 0 radical (unpaired) electrons. The van der Waals surface area contributed by atoms with E-state index in [9.17, 15) is 18.0 Å². The van der Waals surface area contributed by atoms with E-state index in [-0.39, 0.29) is 16.3 Å². The normalized spacial score (nSPS) is 11.2. The minimum atomic E-state index is -4.63. The second-order valence-electron chi connectivity index (χ2n) is 5.37. The van der Waals surface area contributed by atoms with E-state index >= 15 is 0 Å². The highest BCUT2D eigenvalue weighted by Gasteiger charge is 2.34. The molecule has 0 saturated carbocycles. The lowest BCUT2D eigenvalue weighted by Crippen LogP contribution is -2.16. The number of anilines is 1. The molecule has 0 saturated heterocycles. The largest absolute Gasteiger partial charge is 0.494 e. The number of carbonyl (C=O) groups excluding carboxylic acids is 1. The van der Waals surface area contributed by atoms with Gasteiger partial charge >= 0.3 is 6.18 Å². The molecule has 1 N–H and O–H groups in total. The molecule has 7 heteroatoms. The van der Waals surface area contributed by atoms with E-state index in [1.54, 1.807) is 12.1 Å². The van der Waals surface area contributed by atoms with Crippen molar-refractivity contribution in [2.45, 2.75) is 25.9 Å². The summed E-state index contributed by atoms with van der Waals surface area (Å²) in [6, 6.07) is 9.50. The van der Waals surface area contributed by atoms with Gasteiger partial charge in [-0.05, 0) is 42.8 Å². The number of rotatable bonds is 6. The summed E-state index contributed by atoms with van der Waals surface area (Å²) in [6.45, 7) is 2.54. The summed E-state index contributed by atoms with van der Waals surface area (Å²) in [6.07, 6.45) is -2.79. The summed E-state index contributed by atoms with van der Waals surface area (Å²) in [5, 5.41) is 2.22. The Morgan fingerprint density at radius 2 is 1.96 bits per heavy atom. The Hall–Kier alpha value is -2.21. The maximum Gasteiger partial charge on any atom is 0.418 e. The second-order valence-corrected chi connectivity index (χ2v) is 5.81. The highest BCUT2D eigenvalue weighted by atomic mass is 35.5. The average Bonchev–Trinajstić information content (AvgIpc) is 2.56. The van der Waals surface area contributed by atoms with Crippen LogP contribution in [0.25, 0.3) is 0 Å². The number of hydrogen-bond acceptors (Lipinski definition) is 2. The Balaban J connectivity index is 2.19. The van der Waals surface area contributed by atoms with E-state index < -0.39 is 17.6 Å². The van der Waals surface area contributed by atoms with E-state index in [1.165, 1.54) is 18.2 Å². The van der Waals surface area contributed by atoms with Crippen molar-refractivity contribution >= 4 is 23.2 Å². The Labute approximate surface area is 148 Å². The molecular weight excluding hydrogens is 355 g/mol. The lowest BCUT2D eigenvalue weighted by Gasteiger charge is -2.14. The third-order valence-corrected chi connectivity index (χ3v) is 3.63. The van der Waals surface area contributed by atoms with Crippen molar-refractivity contribution in [1.29, 1.82) is 0 Å². The number of benzene rings is 2. The summed E-state index contributed by atoms with van der Waals surface area (Å²) in [4.78, 5) is 12.3. The monoisotopic (exact) mass is 371 g/mol. The molecule has 2 aromatic carbocycles. The lowest BCUT2D eigenvalue weighted by atomic mass is 10.1. The fourth-order valence-corrected chi connectivity index (χ4v) is 2.29. The van der Waals surface area contributed by atoms with Crippen LogP contribution in [0.5, 0.6) is 5.75 Å². The van der Waals surface area contributed by atoms with Gasteiger partial charge in [-0.25, -0.2) is 0 Å². The van der Waals surface area contributed by atoms with Gasteiger partial charge in [0.2, 0.25) is 0 Å². The molecule has 0 bridgehead atoms. The fourth-order valence-electron chi connectivity index (χ4n) is 2.12. The first kappa shape index (κ1) is 19.1. The van der Waals surface area contributed by atoms with Crippen LogP contribution >= 0.6 is 11.6 Å². The predicted molar refractivity (Wildman–Crippen MR) is 91.3 cm³/mol. The number of ether oxygens (including phenoxy) is 1. The number of hydrogen-bond donors (Lipinski definition) is 1. The highest BCUT2D eigenvalue weighted by Crippen LogP contribution is 2.36. The molecule has 2 aromatic rings. The van der Waals surface area contributed by atoms with Crippen LogP contribution in [0.4, 0.5) is 18.9 Å². The van der Waals surface area contributed by atoms with Crippen molar-refractivity contribution in [3.63, 3.8) is 0 Å². The van der Waals surface area contributed by atoms with Crippen molar-refractivity contribution in [1.82, 2.24) is 0 Å². The minimum absolute atomic E-state index is 0.0587. The summed E-state index contributed by atoms with van der Waals surface area (Å²) in [5.74, 6) is -0.165. The smallest absolute Gasteiger partial charge is 0.418 e. The predicted octanol–water partition coefficient (Wildman–Crippen LogP) is 5.79. The van der Waals surface area contributed by atoms with E-state index in [0.29, 0.717) is 12.4 Å². The van der Waals surface area contributed by atoms with Crippen molar-refractivity contribution in [2.75, 3.05) is 11.9 Å². The first-order valence-corrected chi connectivity index (χ1v) is 8.10. The average molecular weight is 372 g/mol. The van der Waals surface area contributed by atoms with Crippen LogP contribution in [0.2, 0.25) is 5.02 Å². The lowest BCUT2D eigenvalue weighted by molar-refractivity contribution is -0.136. The van der Waals surface area contributed by atoms with Gasteiger partial charge in [0.25, 0.3) is 5.91 Å². The summed E-state index contributed by atoms with van der Waals surface area (Å²) in [5.41, 5.74) is -1.14. The molecule has 0 aliphatic heterocycles. The Morgan fingerprint density at radius 3 is 2.64 bits per heavy atom. The van der Waals surface area contributed by atoms with Gasteiger partial charge < -0.3 is 10.1 Å². The Morgan fingerprint density at radius 1 is 1.20 bits per heavy atom. The summed E-state index contributed by atoms with van der Waals surface area (Å²) in [7, 11) is 0. The van der Waals surface area contributed by atoms with Crippen LogP contribution < -0.4 is 10.1 Å². The molecule has 25 heavy (non-hydrogen) atoms. The molecule has 0 atom stereocenters. The zero-order valence-corrected chi connectivity index (χ0v) is 14.2. The maximum absolute atomic E-state index is 13.1. The van der Waals surface area contributed by atoms with Crippen molar-refractivity contribution in [3.05, 3.63) is 58.6 Å². The van der Waals surface area contributed by atoms with Crippen LogP contribution in [-0.2, 0) is 6.18 Å². The number of halogens is 4. The number of unbranched alkanes of at least 4 members (excludes halogenated alkanes) is 1. The van der Waals surface area contributed by atoms with Gasteiger partial charge in [-0.3, -0.25) is 4.79 Å². The molecule has 134 valence electrons. The van der Waals surface area contributed by atoms with Gasteiger partial charge in [-0.2, -0.15) is 13.2 Å². The zero-order chi connectivity index (χ0) is 18.4. The number of carbonyl (C=O) groups is 1. The van der Waals surface area contributed by atoms with Crippen LogP contribution in [0.1, 0.15) is 35.7 Å². The van der Waals surface area contributed by atoms with E-state index in [4.69, 9.17) is 16.3 Å². The highest BCUT2D eigenvalue weighted by molar-refractivity contribution is 6.30. The second kappa shape index (κ2) is 8.25. The summed E-state index contributed by atoms with van der Waals surface area (Å²) < 4.78 is 44.8. The molecule has 0 aromatic heterocycles. The minimum Gasteiger partial charge on any atom is -0.494 e. The van der Waals surface area contributed by atoms with Crippen molar-refractivity contribution in [2.24, 2.45) is 0 Å². The van der Waals surface area contributed by atoms with Crippen LogP contribution in [0, 0.1) is 0 Å². The van der Waals surface area contributed by atoms with Crippen molar-refractivity contribution in [3.8, 4) is 5.75 Å². The molecule has 0 aliphatic rings. The standard InChI is InChI=1S/C18H17ClF3NO2/c1-2-3-9-25-14-6-4-5-12(10-14)17(24)23-16-8-7-13(19)11-15(16)18(20,21)22/h4-8,10-11H,2-3,9H2,1H3,(H,23,24). The number of amides is 1. The quantitative estimate of drug-likeness (QED) is 0.652. The number of nitrogens with one attached hydrogen (secondary N) is 1. The maximum atomic E-state index is 13.1. The molecule has 0 unspecified atom stereocenters. The fraction of sp³-hybridized carbons (Fsp3) is 0.278. The number of alkyl halides is 3. The molecular formula is C18H17ClF3NO2. The molecule has 0 fully saturated rings. The Kier molecular flexibility index (Phi) is 6.31. The first-order valence-electron chi connectivity index (χ1n) is 7.72. The van der Waals surface area contributed by atoms with Crippen LogP contribution in [-0.4, -0.2) is 12.5 Å².